The largest absolute Gasteiger partial charge is 0.379 e. The molecule has 0 radical (unpaired) electrons. The molecular formula is C14H16FN3OS. The van der Waals surface area contributed by atoms with Crippen LogP contribution in [0.5, 0.6) is 0 Å². The van der Waals surface area contributed by atoms with Crippen LogP contribution in [0.15, 0.2) is 29.6 Å². The summed E-state index contributed by atoms with van der Waals surface area (Å²) in [6, 6.07) is 6.61. The molecule has 1 fully saturated rings. The zero-order valence-corrected chi connectivity index (χ0v) is 11.8. The second kappa shape index (κ2) is 6.30. The van der Waals surface area contributed by atoms with E-state index in [0.29, 0.717) is 5.69 Å². The van der Waals surface area contributed by atoms with Crippen molar-refractivity contribution in [3.05, 3.63) is 41.2 Å². The molecule has 2 heterocycles. The van der Waals surface area contributed by atoms with Crippen molar-refractivity contribution in [3.8, 4) is 0 Å². The van der Waals surface area contributed by atoms with Gasteiger partial charge >= 0.3 is 0 Å². The van der Waals surface area contributed by atoms with Crippen LogP contribution in [0.4, 0.5) is 15.2 Å². The van der Waals surface area contributed by atoms with Gasteiger partial charge in [0.2, 0.25) is 0 Å². The summed E-state index contributed by atoms with van der Waals surface area (Å²) in [6.07, 6.45) is 0. The maximum absolute atomic E-state index is 13.5. The Morgan fingerprint density at radius 2 is 2.10 bits per heavy atom. The summed E-state index contributed by atoms with van der Waals surface area (Å²) in [6.45, 7) is 4.26. The highest BCUT2D eigenvalue weighted by molar-refractivity contribution is 7.13. The first-order valence-corrected chi connectivity index (χ1v) is 7.45. The van der Waals surface area contributed by atoms with E-state index in [4.69, 9.17) is 4.74 Å². The third-order valence-corrected chi connectivity index (χ3v) is 3.96. The lowest BCUT2D eigenvalue weighted by Crippen LogP contribution is -2.35. The van der Waals surface area contributed by atoms with E-state index >= 15 is 0 Å². The molecule has 6 heteroatoms. The molecule has 0 unspecified atom stereocenters. The fraction of sp³-hybridized carbons (Fsp3) is 0.357. The van der Waals surface area contributed by atoms with Crippen molar-refractivity contribution in [2.45, 2.75) is 6.54 Å². The standard InChI is InChI=1S/C14H16FN3OS/c15-12-3-1-2-4-13(12)17-14-16-11(10-20-14)9-18-5-7-19-8-6-18/h1-4,10H,5-9H2,(H,16,17). The lowest BCUT2D eigenvalue weighted by Gasteiger charge is -2.25. The minimum atomic E-state index is -0.266. The van der Waals surface area contributed by atoms with Crippen molar-refractivity contribution >= 4 is 22.2 Å². The third-order valence-electron chi connectivity index (χ3n) is 3.16. The fourth-order valence-electron chi connectivity index (χ4n) is 2.10. The number of halogens is 1. The Morgan fingerprint density at radius 3 is 2.90 bits per heavy atom. The number of anilines is 2. The number of aromatic nitrogens is 1. The number of hydrogen-bond acceptors (Lipinski definition) is 5. The topological polar surface area (TPSA) is 37.4 Å². The molecule has 1 aromatic carbocycles. The number of benzene rings is 1. The fourth-order valence-corrected chi connectivity index (χ4v) is 2.82. The van der Waals surface area contributed by atoms with Gasteiger partial charge in [-0.2, -0.15) is 0 Å². The number of rotatable bonds is 4. The first kappa shape index (κ1) is 13.5. The monoisotopic (exact) mass is 293 g/mol. The van der Waals surface area contributed by atoms with Crippen molar-refractivity contribution in [1.82, 2.24) is 9.88 Å². The molecule has 1 N–H and O–H groups in total. The number of para-hydroxylation sites is 1. The molecule has 0 atom stereocenters. The molecular weight excluding hydrogens is 277 g/mol. The van der Waals surface area contributed by atoms with Gasteiger partial charge in [0.1, 0.15) is 5.82 Å². The molecule has 4 nitrogen and oxygen atoms in total. The van der Waals surface area contributed by atoms with Crippen LogP contribution in [0.3, 0.4) is 0 Å². The number of nitrogens with zero attached hydrogens (tertiary/aromatic N) is 2. The van der Waals surface area contributed by atoms with Crippen LogP contribution in [-0.4, -0.2) is 36.2 Å². The lowest BCUT2D eigenvalue weighted by atomic mass is 10.3. The van der Waals surface area contributed by atoms with Crippen LogP contribution in [0.2, 0.25) is 0 Å². The number of ether oxygens (including phenoxy) is 1. The van der Waals surface area contributed by atoms with Gasteiger partial charge in [0.25, 0.3) is 0 Å². The minimum absolute atomic E-state index is 0.266. The molecule has 106 valence electrons. The Balaban J connectivity index is 1.63. The van der Waals surface area contributed by atoms with Gasteiger partial charge in [0.05, 0.1) is 24.6 Å². The van der Waals surface area contributed by atoms with Crippen LogP contribution < -0.4 is 5.32 Å². The van der Waals surface area contributed by atoms with Crippen LogP contribution in [0, 0.1) is 5.82 Å². The van der Waals surface area contributed by atoms with Crippen molar-refractivity contribution in [2.24, 2.45) is 0 Å². The molecule has 2 aromatic rings. The molecule has 1 aliphatic heterocycles. The first-order valence-electron chi connectivity index (χ1n) is 6.57. The zero-order valence-electron chi connectivity index (χ0n) is 11.0. The normalized spacial score (nSPS) is 16.2. The van der Waals surface area contributed by atoms with Crippen molar-refractivity contribution in [2.75, 3.05) is 31.6 Å². The Kier molecular flexibility index (Phi) is 4.25. The average molecular weight is 293 g/mol. The molecule has 0 spiro atoms. The molecule has 0 bridgehead atoms. The summed E-state index contributed by atoms with van der Waals surface area (Å²) in [5, 5.41) is 5.75. The summed E-state index contributed by atoms with van der Waals surface area (Å²) in [4.78, 5) is 6.81. The molecule has 0 aliphatic carbocycles. The quantitative estimate of drug-likeness (QED) is 0.940. The van der Waals surface area contributed by atoms with Gasteiger partial charge in [-0.3, -0.25) is 4.90 Å². The van der Waals surface area contributed by atoms with E-state index in [1.807, 2.05) is 5.38 Å². The predicted octanol–water partition coefficient (Wildman–Crippen LogP) is 2.86. The van der Waals surface area contributed by atoms with Crippen LogP contribution in [0.25, 0.3) is 0 Å². The summed E-state index contributed by atoms with van der Waals surface area (Å²) in [7, 11) is 0. The van der Waals surface area contributed by atoms with Crippen molar-refractivity contribution in [1.29, 1.82) is 0 Å². The highest BCUT2D eigenvalue weighted by atomic mass is 32.1. The molecule has 20 heavy (non-hydrogen) atoms. The maximum atomic E-state index is 13.5. The Labute approximate surface area is 121 Å². The average Bonchev–Trinajstić information content (AvgIpc) is 2.90. The summed E-state index contributed by atoms with van der Waals surface area (Å²) >= 11 is 1.49. The predicted molar refractivity (Wildman–Crippen MR) is 77.9 cm³/mol. The number of thiazole rings is 1. The van der Waals surface area contributed by atoms with E-state index in [0.717, 1.165) is 43.7 Å². The third kappa shape index (κ3) is 3.33. The van der Waals surface area contributed by atoms with Crippen LogP contribution in [0.1, 0.15) is 5.69 Å². The Morgan fingerprint density at radius 1 is 1.30 bits per heavy atom. The Bertz CT molecular complexity index is 569. The molecule has 1 saturated heterocycles. The van der Waals surface area contributed by atoms with Gasteiger partial charge in [-0.25, -0.2) is 9.37 Å². The van der Waals surface area contributed by atoms with Gasteiger partial charge in [0.15, 0.2) is 5.13 Å². The first-order chi connectivity index (χ1) is 9.81. The van der Waals surface area contributed by atoms with Crippen LogP contribution >= 0.6 is 11.3 Å². The lowest BCUT2D eigenvalue weighted by molar-refractivity contribution is 0.0337. The highest BCUT2D eigenvalue weighted by Crippen LogP contribution is 2.23. The highest BCUT2D eigenvalue weighted by Gasteiger charge is 2.13. The Hall–Kier alpha value is -1.50. The number of nitrogens with one attached hydrogen (secondary N) is 1. The minimum Gasteiger partial charge on any atom is -0.379 e. The molecule has 1 aromatic heterocycles. The zero-order chi connectivity index (χ0) is 13.8. The van der Waals surface area contributed by atoms with Gasteiger partial charge < -0.3 is 10.1 Å². The van der Waals surface area contributed by atoms with E-state index in [-0.39, 0.29) is 5.82 Å². The molecule has 1 aliphatic rings. The molecule has 0 amide bonds. The molecule has 3 rings (SSSR count). The summed E-state index contributed by atoms with van der Waals surface area (Å²) in [5.41, 5.74) is 1.47. The van der Waals surface area contributed by atoms with Crippen molar-refractivity contribution < 1.29 is 9.13 Å². The SMILES string of the molecule is Fc1ccccc1Nc1nc(CN2CCOCC2)cs1. The van der Waals surface area contributed by atoms with E-state index in [1.54, 1.807) is 18.2 Å². The van der Waals surface area contributed by atoms with Crippen molar-refractivity contribution in [3.63, 3.8) is 0 Å². The van der Waals surface area contributed by atoms with E-state index in [2.05, 4.69) is 15.2 Å². The second-order valence-corrected chi connectivity index (χ2v) is 5.50. The number of morpholine rings is 1. The van der Waals surface area contributed by atoms with Gasteiger partial charge in [-0.05, 0) is 12.1 Å². The summed E-state index contributed by atoms with van der Waals surface area (Å²) in [5.74, 6) is -0.266. The van der Waals surface area contributed by atoms with Gasteiger partial charge in [0, 0.05) is 25.0 Å². The summed E-state index contributed by atoms with van der Waals surface area (Å²) < 4.78 is 18.9. The maximum Gasteiger partial charge on any atom is 0.187 e. The second-order valence-electron chi connectivity index (χ2n) is 4.64. The van der Waals surface area contributed by atoms with E-state index in [1.165, 1.54) is 17.4 Å². The smallest absolute Gasteiger partial charge is 0.187 e. The molecule has 0 saturated carbocycles. The van der Waals surface area contributed by atoms with E-state index in [9.17, 15) is 4.39 Å². The van der Waals surface area contributed by atoms with Gasteiger partial charge in [-0.15, -0.1) is 11.3 Å². The van der Waals surface area contributed by atoms with Crippen LogP contribution in [-0.2, 0) is 11.3 Å². The number of hydrogen-bond donors (Lipinski definition) is 1. The van der Waals surface area contributed by atoms with E-state index < -0.39 is 0 Å². The van der Waals surface area contributed by atoms with Gasteiger partial charge in [-0.1, -0.05) is 12.1 Å².